The molecule has 0 bridgehead atoms. The van der Waals surface area contributed by atoms with Crippen LogP contribution in [0.2, 0.25) is 0 Å². The van der Waals surface area contributed by atoms with Gasteiger partial charge in [0.1, 0.15) is 0 Å². The summed E-state index contributed by atoms with van der Waals surface area (Å²) in [4.78, 5) is 24.6. The van der Waals surface area contributed by atoms with E-state index in [4.69, 9.17) is 24.9 Å². The molecule has 0 aliphatic heterocycles. The zero-order valence-corrected chi connectivity index (χ0v) is 29.8. The van der Waals surface area contributed by atoms with Gasteiger partial charge < -0.3 is 0 Å². The molecule has 0 spiro atoms. The van der Waals surface area contributed by atoms with Gasteiger partial charge in [0.15, 0.2) is 23.3 Å². The van der Waals surface area contributed by atoms with Gasteiger partial charge in [-0.3, -0.25) is 0 Å². The summed E-state index contributed by atoms with van der Waals surface area (Å²) in [5.74, 6) is 2.56. The van der Waals surface area contributed by atoms with E-state index in [9.17, 15) is 0 Å². The van der Waals surface area contributed by atoms with Gasteiger partial charge in [0, 0.05) is 42.3 Å². The first kappa shape index (κ1) is 31.6. The van der Waals surface area contributed by atoms with Gasteiger partial charge in [-0.25, -0.2) is 24.9 Å². The first-order valence-corrected chi connectivity index (χ1v) is 17.6. The van der Waals surface area contributed by atoms with Crippen LogP contribution < -0.4 is 0 Å². The van der Waals surface area contributed by atoms with E-state index in [2.05, 4.69) is 111 Å². The fourth-order valence-corrected chi connectivity index (χ4v) is 6.20. The van der Waals surface area contributed by atoms with E-state index >= 15 is 0 Å². The standard InChI is InChI=1S/C43H27Br2N5/c44-36-23-19-31(20-24-36)39-27-38(30-7-3-1-4-8-30)46-40(47-39)33-15-11-28(12-16-33)29-13-17-34(18-14-29)42-48-41(32-9-5-2-6-10-32)49-43(50-42)35-21-25-37(45)26-22-35/h1-27H. The minimum absolute atomic E-state index is 0.621. The second-order valence-corrected chi connectivity index (χ2v) is 13.5. The summed E-state index contributed by atoms with van der Waals surface area (Å²) >= 11 is 7.07. The fourth-order valence-electron chi connectivity index (χ4n) is 5.67. The second-order valence-electron chi connectivity index (χ2n) is 11.7. The molecular weight excluding hydrogens is 746 g/mol. The van der Waals surface area contributed by atoms with Gasteiger partial charge in [-0.05, 0) is 41.5 Å². The maximum absolute atomic E-state index is 4.99. The van der Waals surface area contributed by atoms with Gasteiger partial charge >= 0.3 is 0 Å². The zero-order chi connectivity index (χ0) is 33.9. The Labute approximate surface area is 307 Å². The van der Waals surface area contributed by atoms with Gasteiger partial charge in [-0.1, -0.05) is 165 Å². The third-order valence-corrected chi connectivity index (χ3v) is 9.38. The first-order chi connectivity index (χ1) is 24.6. The lowest BCUT2D eigenvalue weighted by Gasteiger charge is -2.11. The van der Waals surface area contributed by atoms with Crippen molar-refractivity contribution in [2.75, 3.05) is 0 Å². The molecule has 7 heteroatoms. The van der Waals surface area contributed by atoms with Crippen LogP contribution in [0, 0.1) is 0 Å². The molecule has 2 aromatic heterocycles. The molecule has 0 N–H and O–H groups in total. The average molecular weight is 774 g/mol. The minimum atomic E-state index is 0.621. The molecule has 0 saturated carbocycles. The fraction of sp³-hybridized carbons (Fsp3) is 0. The highest BCUT2D eigenvalue weighted by Gasteiger charge is 2.14. The van der Waals surface area contributed by atoms with E-state index in [1.165, 1.54) is 0 Å². The predicted octanol–water partition coefficient (Wildman–Crippen LogP) is 11.9. The minimum Gasteiger partial charge on any atom is -0.228 e. The van der Waals surface area contributed by atoms with Crippen LogP contribution in [0.1, 0.15) is 0 Å². The van der Waals surface area contributed by atoms with Crippen molar-refractivity contribution >= 4 is 31.9 Å². The van der Waals surface area contributed by atoms with E-state index in [0.29, 0.717) is 23.3 Å². The highest BCUT2D eigenvalue weighted by Crippen LogP contribution is 2.31. The second kappa shape index (κ2) is 14.1. The molecule has 0 fully saturated rings. The number of hydrogen-bond acceptors (Lipinski definition) is 5. The SMILES string of the molecule is Brc1ccc(-c2cc(-c3ccccc3)nc(-c3ccc(-c4ccc(-c5nc(-c6ccccc6)nc(-c6ccc(Br)cc6)n5)cc4)cc3)n2)cc1. The average Bonchev–Trinajstić information content (AvgIpc) is 3.19. The molecule has 0 aliphatic carbocycles. The Morgan fingerprint density at radius 1 is 0.260 bits per heavy atom. The summed E-state index contributed by atoms with van der Waals surface area (Å²) in [6.07, 6.45) is 0. The number of nitrogens with zero attached hydrogens (tertiary/aromatic N) is 5. The maximum atomic E-state index is 4.99. The smallest absolute Gasteiger partial charge is 0.164 e. The van der Waals surface area contributed by atoms with Gasteiger partial charge in [0.05, 0.1) is 11.4 Å². The monoisotopic (exact) mass is 771 g/mol. The molecule has 8 aromatic rings. The van der Waals surface area contributed by atoms with Crippen LogP contribution in [-0.2, 0) is 0 Å². The Kier molecular flexibility index (Phi) is 8.90. The van der Waals surface area contributed by atoms with Crippen LogP contribution in [0.3, 0.4) is 0 Å². The summed E-state index contributed by atoms with van der Waals surface area (Å²) < 4.78 is 2.03. The number of rotatable bonds is 7. The Morgan fingerprint density at radius 2 is 0.540 bits per heavy atom. The highest BCUT2D eigenvalue weighted by atomic mass is 79.9. The van der Waals surface area contributed by atoms with Crippen LogP contribution >= 0.6 is 31.9 Å². The molecule has 6 aromatic carbocycles. The van der Waals surface area contributed by atoms with Gasteiger partial charge in [-0.15, -0.1) is 0 Å². The third-order valence-electron chi connectivity index (χ3n) is 8.33. The predicted molar refractivity (Wildman–Crippen MR) is 209 cm³/mol. The van der Waals surface area contributed by atoms with E-state index in [0.717, 1.165) is 64.8 Å². The third kappa shape index (κ3) is 6.92. The van der Waals surface area contributed by atoms with Crippen LogP contribution in [0.25, 0.3) is 79.2 Å². The Bertz CT molecular complexity index is 2220. The van der Waals surface area contributed by atoms with Crippen molar-refractivity contribution in [1.82, 2.24) is 24.9 Å². The lowest BCUT2D eigenvalue weighted by atomic mass is 10.0. The largest absolute Gasteiger partial charge is 0.228 e. The molecular formula is C43H27Br2N5. The number of aromatic nitrogens is 5. The van der Waals surface area contributed by atoms with Gasteiger partial charge in [0.2, 0.25) is 0 Å². The molecule has 5 nitrogen and oxygen atoms in total. The molecule has 8 rings (SSSR count). The topological polar surface area (TPSA) is 64.5 Å². The van der Waals surface area contributed by atoms with Gasteiger partial charge in [0.25, 0.3) is 0 Å². The Hall–Kier alpha value is -5.63. The van der Waals surface area contributed by atoms with Crippen LogP contribution in [-0.4, -0.2) is 24.9 Å². The quantitative estimate of drug-likeness (QED) is 0.161. The normalized spacial score (nSPS) is 11.0. The molecule has 2 heterocycles. The van der Waals surface area contributed by atoms with Crippen molar-refractivity contribution < 1.29 is 0 Å². The summed E-state index contributed by atoms with van der Waals surface area (Å²) in [6, 6.07) is 55.2. The van der Waals surface area contributed by atoms with Crippen LogP contribution in [0.4, 0.5) is 0 Å². The van der Waals surface area contributed by atoms with Crippen LogP contribution in [0.15, 0.2) is 173 Å². The van der Waals surface area contributed by atoms with Crippen LogP contribution in [0.5, 0.6) is 0 Å². The van der Waals surface area contributed by atoms with E-state index < -0.39 is 0 Å². The lowest BCUT2D eigenvalue weighted by Crippen LogP contribution is -2.00. The summed E-state index contributed by atoms with van der Waals surface area (Å²) in [5, 5.41) is 0. The van der Waals surface area contributed by atoms with E-state index in [-0.39, 0.29) is 0 Å². The molecule has 0 radical (unpaired) electrons. The molecule has 0 atom stereocenters. The maximum Gasteiger partial charge on any atom is 0.164 e. The number of halogens is 2. The van der Waals surface area contributed by atoms with Crippen molar-refractivity contribution in [3.8, 4) is 79.2 Å². The zero-order valence-electron chi connectivity index (χ0n) is 26.6. The summed E-state index contributed by atoms with van der Waals surface area (Å²) in [6.45, 7) is 0. The highest BCUT2D eigenvalue weighted by molar-refractivity contribution is 9.10. The van der Waals surface area contributed by atoms with Crippen molar-refractivity contribution in [1.29, 1.82) is 0 Å². The van der Waals surface area contributed by atoms with Crippen molar-refractivity contribution in [3.05, 3.63) is 173 Å². The van der Waals surface area contributed by atoms with Gasteiger partial charge in [-0.2, -0.15) is 0 Å². The summed E-state index contributed by atoms with van der Waals surface area (Å²) in [5.41, 5.74) is 9.72. The molecule has 0 saturated heterocycles. The van der Waals surface area contributed by atoms with E-state index in [1.807, 2.05) is 84.9 Å². The summed E-state index contributed by atoms with van der Waals surface area (Å²) in [7, 11) is 0. The van der Waals surface area contributed by atoms with Crippen molar-refractivity contribution in [3.63, 3.8) is 0 Å². The molecule has 0 amide bonds. The number of hydrogen-bond donors (Lipinski definition) is 0. The first-order valence-electron chi connectivity index (χ1n) is 16.0. The van der Waals surface area contributed by atoms with Crippen molar-refractivity contribution in [2.24, 2.45) is 0 Å². The lowest BCUT2D eigenvalue weighted by molar-refractivity contribution is 1.07. The molecule has 238 valence electrons. The van der Waals surface area contributed by atoms with Crippen molar-refractivity contribution in [2.45, 2.75) is 0 Å². The molecule has 0 aliphatic rings. The Morgan fingerprint density at radius 3 is 0.960 bits per heavy atom. The number of benzene rings is 6. The molecule has 0 unspecified atom stereocenters. The Balaban J connectivity index is 1.11. The molecule has 50 heavy (non-hydrogen) atoms. The van der Waals surface area contributed by atoms with E-state index in [1.54, 1.807) is 0 Å².